The van der Waals surface area contributed by atoms with Crippen molar-refractivity contribution in [1.29, 1.82) is 0 Å². The first-order valence-corrected chi connectivity index (χ1v) is 6.92. The summed E-state index contributed by atoms with van der Waals surface area (Å²) in [5.74, 6) is -0.283. The second kappa shape index (κ2) is 8.02. The molecule has 2 rings (SSSR count). The van der Waals surface area contributed by atoms with Crippen LogP contribution in [0.3, 0.4) is 0 Å². The van der Waals surface area contributed by atoms with E-state index in [1.54, 1.807) is 6.08 Å². The molecule has 0 aliphatic carbocycles. The maximum absolute atomic E-state index is 12.0. The van der Waals surface area contributed by atoms with Gasteiger partial charge in [-0.05, 0) is 11.1 Å². The van der Waals surface area contributed by atoms with Crippen molar-refractivity contribution in [2.75, 3.05) is 13.1 Å². The van der Waals surface area contributed by atoms with Gasteiger partial charge < -0.3 is 10.1 Å². The lowest BCUT2D eigenvalue weighted by molar-refractivity contribution is -0.146. The first-order chi connectivity index (χ1) is 10.3. The van der Waals surface area contributed by atoms with Crippen molar-refractivity contribution >= 4 is 5.97 Å². The SMILES string of the molecule is C=CCNCC(=O)OC(c1ccccc1)c1ccccc1. The zero-order valence-corrected chi connectivity index (χ0v) is 11.9. The maximum Gasteiger partial charge on any atom is 0.320 e. The highest BCUT2D eigenvalue weighted by atomic mass is 16.5. The standard InChI is InChI=1S/C18H19NO2/c1-2-13-19-14-17(20)21-18(15-9-5-3-6-10-15)16-11-7-4-8-12-16/h2-12,18-19H,1,13-14H2. The molecule has 21 heavy (non-hydrogen) atoms. The van der Waals surface area contributed by atoms with Crippen molar-refractivity contribution in [2.24, 2.45) is 0 Å². The Kier molecular flexibility index (Phi) is 5.73. The van der Waals surface area contributed by atoms with Crippen LogP contribution >= 0.6 is 0 Å². The van der Waals surface area contributed by atoms with Gasteiger partial charge in [-0.1, -0.05) is 66.7 Å². The summed E-state index contributed by atoms with van der Waals surface area (Å²) in [6.07, 6.45) is 1.32. The van der Waals surface area contributed by atoms with Crippen molar-refractivity contribution in [3.05, 3.63) is 84.4 Å². The normalized spacial score (nSPS) is 10.3. The molecule has 2 aromatic carbocycles. The van der Waals surface area contributed by atoms with Crippen LogP contribution in [0.25, 0.3) is 0 Å². The molecule has 0 atom stereocenters. The highest BCUT2D eigenvalue weighted by Gasteiger charge is 2.18. The molecule has 0 aliphatic rings. The van der Waals surface area contributed by atoms with E-state index >= 15 is 0 Å². The van der Waals surface area contributed by atoms with Gasteiger partial charge in [-0.25, -0.2) is 0 Å². The number of ether oxygens (including phenoxy) is 1. The van der Waals surface area contributed by atoms with E-state index in [4.69, 9.17) is 4.74 Å². The first-order valence-electron chi connectivity index (χ1n) is 6.92. The van der Waals surface area contributed by atoms with Crippen LogP contribution in [0, 0.1) is 0 Å². The summed E-state index contributed by atoms with van der Waals surface area (Å²) < 4.78 is 5.63. The second-order valence-electron chi connectivity index (χ2n) is 4.61. The van der Waals surface area contributed by atoms with Crippen LogP contribution in [0.2, 0.25) is 0 Å². The van der Waals surface area contributed by atoms with E-state index in [2.05, 4.69) is 11.9 Å². The van der Waals surface area contributed by atoms with Crippen molar-refractivity contribution in [3.8, 4) is 0 Å². The summed E-state index contributed by atoms with van der Waals surface area (Å²) in [5.41, 5.74) is 1.92. The van der Waals surface area contributed by atoms with Gasteiger partial charge in [0.1, 0.15) is 0 Å². The summed E-state index contributed by atoms with van der Waals surface area (Å²) >= 11 is 0. The van der Waals surface area contributed by atoms with E-state index in [1.807, 2.05) is 60.7 Å². The summed E-state index contributed by atoms with van der Waals surface area (Å²) in [6.45, 7) is 4.35. The molecule has 1 N–H and O–H groups in total. The van der Waals surface area contributed by atoms with Crippen LogP contribution in [0.15, 0.2) is 73.3 Å². The lowest BCUT2D eigenvalue weighted by Gasteiger charge is -2.19. The Morgan fingerprint density at radius 3 is 2.05 bits per heavy atom. The van der Waals surface area contributed by atoms with E-state index in [9.17, 15) is 4.79 Å². The zero-order chi connectivity index (χ0) is 14.9. The van der Waals surface area contributed by atoms with Gasteiger partial charge in [-0.15, -0.1) is 6.58 Å². The number of benzene rings is 2. The molecule has 0 radical (unpaired) electrons. The van der Waals surface area contributed by atoms with Crippen LogP contribution in [-0.2, 0) is 9.53 Å². The molecular weight excluding hydrogens is 262 g/mol. The smallest absolute Gasteiger partial charge is 0.320 e. The van der Waals surface area contributed by atoms with Crippen LogP contribution in [0.5, 0.6) is 0 Å². The van der Waals surface area contributed by atoms with E-state index in [0.717, 1.165) is 11.1 Å². The van der Waals surface area contributed by atoms with E-state index in [-0.39, 0.29) is 18.6 Å². The predicted octanol–water partition coefficient (Wildman–Crippen LogP) is 3.09. The van der Waals surface area contributed by atoms with Gasteiger partial charge in [0.25, 0.3) is 0 Å². The molecular formula is C18H19NO2. The molecule has 2 aromatic rings. The fraction of sp³-hybridized carbons (Fsp3) is 0.167. The highest BCUT2D eigenvalue weighted by Crippen LogP contribution is 2.25. The van der Waals surface area contributed by atoms with Gasteiger partial charge in [0.2, 0.25) is 0 Å². The molecule has 3 nitrogen and oxygen atoms in total. The average molecular weight is 281 g/mol. The molecule has 0 spiro atoms. The van der Waals surface area contributed by atoms with Crippen molar-refractivity contribution in [2.45, 2.75) is 6.10 Å². The number of nitrogens with one attached hydrogen (secondary N) is 1. The van der Waals surface area contributed by atoms with Gasteiger partial charge >= 0.3 is 5.97 Å². The molecule has 0 unspecified atom stereocenters. The Labute approximate surface area is 125 Å². The fourth-order valence-electron chi connectivity index (χ4n) is 2.03. The summed E-state index contributed by atoms with van der Waals surface area (Å²) in [4.78, 5) is 12.0. The number of esters is 1. The lowest BCUT2D eigenvalue weighted by atomic mass is 10.0. The largest absolute Gasteiger partial charge is 0.452 e. The molecule has 108 valence electrons. The van der Waals surface area contributed by atoms with E-state index in [1.165, 1.54) is 0 Å². The molecule has 0 aliphatic heterocycles. The molecule has 0 amide bonds. The third-order valence-corrected chi connectivity index (χ3v) is 3.01. The lowest BCUT2D eigenvalue weighted by Crippen LogP contribution is -2.26. The summed E-state index contributed by atoms with van der Waals surface area (Å²) in [5, 5.41) is 2.95. The van der Waals surface area contributed by atoms with Gasteiger partial charge in [0, 0.05) is 6.54 Å². The number of carbonyl (C=O) groups excluding carboxylic acids is 1. The maximum atomic E-state index is 12.0. The molecule has 0 fully saturated rings. The minimum absolute atomic E-state index is 0.169. The average Bonchev–Trinajstić information content (AvgIpc) is 2.54. The Morgan fingerprint density at radius 1 is 1.05 bits per heavy atom. The quantitative estimate of drug-likeness (QED) is 0.481. The first kappa shape index (κ1) is 15.0. The van der Waals surface area contributed by atoms with Crippen molar-refractivity contribution in [3.63, 3.8) is 0 Å². The highest BCUT2D eigenvalue weighted by molar-refractivity contribution is 5.72. The number of carbonyl (C=O) groups is 1. The molecule has 0 saturated carbocycles. The van der Waals surface area contributed by atoms with Crippen molar-refractivity contribution < 1.29 is 9.53 Å². The van der Waals surface area contributed by atoms with Crippen LogP contribution < -0.4 is 5.32 Å². The minimum Gasteiger partial charge on any atom is -0.452 e. The van der Waals surface area contributed by atoms with Crippen LogP contribution in [0.1, 0.15) is 17.2 Å². The van der Waals surface area contributed by atoms with Crippen LogP contribution in [-0.4, -0.2) is 19.1 Å². The van der Waals surface area contributed by atoms with E-state index in [0.29, 0.717) is 6.54 Å². The molecule has 0 aromatic heterocycles. The molecule has 0 heterocycles. The zero-order valence-electron chi connectivity index (χ0n) is 11.9. The molecule has 0 bridgehead atoms. The summed E-state index contributed by atoms with van der Waals surface area (Å²) in [7, 11) is 0. The van der Waals surface area contributed by atoms with Gasteiger partial charge in [0.05, 0.1) is 6.54 Å². The van der Waals surface area contributed by atoms with Gasteiger partial charge in [0.15, 0.2) is 6.10 Å². The van der Waals surface area contributed by atoms with E-state index < -0.39 is 0 Å². The van der Waals surface area contributed by atoms with Gasteiger partial charge in [-0.3, -0.25) is 4.79 Å². The third-order valence-electron chi connectivity index (χ3n) is 3.01. The third kappa shape index (κ3) is 4.58. The number of hydrogen-bond acceptors (Lipinski definition) is 3. The topological polar surface area (TPSA) is 38.3 Å². The summed E-state index contributed by atoms with van der Waals surface area (Å²) in [6, 6.07) is 19.5. The second-order valence-corrected chi connectivity index (χ2v) is 4.61. The minimum atomic E-state index is -0.384. The van der Waals surface area contributed by atoms with Crippen LogP contribution in [0.4, 0.5) is 0 Å². The van der Waals surface area contributed by atoms with Gasteiger partial charge in [-0.2, -0.15) is 0 Å². The fourth-order valence-corrected chi connectivity index (χ4v) is 2.03. The monoisotopic (exact) mass is 281 g/mol. The molecule has 0 saturated heterocycles. The predicted molar refractivity (Wildman–Crippen MR) is 83.9 cm³/mol. The number of rotatable bonds is 7. The van der Waals surface area contributed by atoms with Crippen molar-refractivity contribution in [1.82, 2.24) is 5.32 Å². The Hall–Kier alpha value is -2.39. The number of hydrogen-bond donors (Lipinski definition) is 1. The Balaban J connectivity index is 2.14. The Bertz CT molecular complexity index is 527. The molecule has 3 heteroatoms. The Morgan fingerprint density at radius 2 is 1.57 bits per heavy atom.